The summed E-state index contributed by atoms with van der Waals surface area (Å²) in [5.74, 6) is 0.777. The summed E-state index contributed by atoms with van der Waals surface area (Å²) in [4.78, 5) is 17.4. The first-order valence-corrected chi connectivity index (χ1v) is 11.6. The molecule has 1 aliphatic heterocycles. The molecule has 2 aromatic carbocycles. The second-order valence-corrected chi connectivity index (χ2v) is 9.21. The van der Waals surface area contributed by atoms with Gasteiger partial charge in [0.25, 0.3) is 5.91 Å². The summed E-state index contributed by atoms with van der Waals surface area (Å²) in [7, 11) is -1.34. The van der Waals surface area contributed by atoms with Crippen LogP contribution in [0.5, 0.6) is 0 Å². The third-order valence-corrected chi connectivity index (χ3v) is 7.07. The number of rotatable bonds is 5. The fourth-order valence-electron chi connectivity index (χ4n) is 3.38. The van der Waals surface area contributed by atoms with Crippen LogP contribution in [0.3, 0.4) is 0 Å². The molecule has 1 fully saturated rings. The molecule has 0 spiro atoms. The average molecular weight is 463 g/mol. The lowest BCUT2D eigenvalue weighted by atomic mass is 10.2. The number of piperazine rings is 1. The standard InChI is InChI=1S/C22H20Cl2N2O3S/c23-16-5-7-17(8-6-16)25-11-13-26(14-12-25)22(27)20-10-9-18(29-20)15-30(28)21-4-2-1-3-19(21)24/h1-10H,11-15H2. The van der Waals surface area contributed by atoms with E-state index in [2.05, 4.69) is 4.90 Å². The molecule has 0 N–H and O–H groups in total. The Morgan fingerprint density at radius 1 is 0.933 bits per heavy atom. The molecule has 0 bridgehead atoms. The molecule has 1 unspecified atom stereocenters. The number of furan rings is 1. The molecule has 4 rings (SSSR count). The Hall–Kier alpha value is -2.28. The zero-order valence-electron chi connectivity index (χ0n) is 16.1. The molecule has 3 aromatic rings. The van der Waals surface area contributed by atoms with Gasteiger partial charge in [-0.15, -0.1) is 0 Å². The molecule has 156 valence electrons. The Bertz CT molecular complexity index is 1060. The van der Waals surface area contributed by atoms with Crippen molar-refractivity contribution in [3.63, 3.8) is 0 Å². The minimum absolute atomic E-state index is 0.152. The Morgan fingerprint density at radius 2 is 1.63 bits per heavy atom. The summed E-state index contributed by atoms with van der Waals surface area (Å²) in [5, 5.41) is 1.16. The molecule has 8 heteroatoms. The second kappa shape index (κ2) is 9.25. The van der Waals surface area contributed by atoms with E-state index in [1.807, 2.05) is 24.3 Å². The Kier molecular flexibility index (Phi) is 6.46. The van der Waals surface area contributed by atoms with Crippen molar-refractivity contribution in [1.29, 1.82) is 0 Å². The lowest BCUT2D eigenvalue weighted by molar-refractivity contribution is 0.0713. The molecule has 0 aliphatic carbocycles. The highest BCUT2D eigenvalue weighted by atomic mass is 35.5. The van der Waals surface area contributed by atoms with Crippen LogP contribution >= 0.6 is 23.2 Å². The first-order valence-electron chi connectivity index (χ1n) is 9.52. The van der Waals surface area contributed by atoms with E-state index in [-0.39, 0.29) is 17.4 Å². The van der Waals surface area contributed by atoms with Crippen molar-refractivity contribution >= 4 is 45.6 Å². The summed E-state index contributed by atoms with van der Waals surface area (Å²) in [6, 6.07) is 18.1. The first-order chi connectivity index (χ1) is 14.5. The molecule has 1 atom stereocenters. The lowest BCUT2D eigenvalue weighted by Gasteiger charge is -2.35. The topological polar surface area (TPSA) is 53.8 Å². The molecular formula is C22H20Cl2N2O3S. The lowest BCUT2D eigenvalue weighted by Crippen LogP contribution is -2.48. The van der Waals surface area contributed by atoms with Crippen LogP contribution in [0, 0.1) is 0 Å². The fourth-order valence-corrected chi connectivity index (χ4v) is 4.99. The Balaban J connectivity index is 1.36. The maximum absolute atomic E-state index is 12.8. The van der Waals surface area contributed by atoms with Crippen LogP contribution in [0.1, 0.15) is 16.3 Å². The third-order valence-electron chi connectivity index (χ3n) is 4.99. The molecule has 1 saturated heterocycles. The van der Waals surface area contributed by atoms with Gasteiger partial charge in [-0.25, -0.2) is 0 Å². The van der Waals surface area contributed by atoms with Gasteiger partial charge in [-0.1, -0.05) is 35.3 Å². The Morgan fingerprint density at radius 3 is 2.33 bits per heavy atom. The summed E-state index contributed by atoms with van der Waals surface area (Å²) < 4.78 is 18.3. The van der Waals surface area contributed by atoms with Crippen LogP contribution in [-0.2, 0) is 16.6 Å². The SMILES string of the molecule is O=C(c1ccc(CS(=O)c2ccccc2Cl)o1)N1CCN(c2ccc(Cl)cc2)CC1. The maximum Gasteiger partial charge on any atom is 0.289 e. The minimum atomic E-state index is -1.34. The van der Waals surface area contributed by atoms with Gasteiger partial charge in [-0.3, -0.25) is 9.00 Å². The Labute approximate surface area is 187 Å². The van der Waals surface area contributed by atoms with E-state index < -0.39 is 10.8 Å². The third kappa shape index (κ3) is 4.72. The number of anilines is 1. The maximum atomic E-state index is 12.8. The monoisotopic (exact) mass is 462 g/mol. The van der Waals surface area contributed by atoms with E-state index in [1.54, 1.807) is 41.3 Å². The van der Waals surface area contributed by atoms with Gasteiger partial charge < -0.3 is 14.2 Å². The number of hydrogen-bond donors (Lipinski definition) is 0. The van der Waals surface area contributed by atoms with E-state index >= 15 is 0 Å². The van der Waals surface area contributed by atoms with E-state index in [0.717, 1.165) is 18.8 Å². The van der Waals surface area contributed by atoms with Gasteiger partial charge in [0, 0.05) is 36.9 Å². The summed E-state index contributed by atoms with van der Waals surface area (Å²) in [6.45, 7) is 2.67. The predicted octanol–water partition coefficient (Wildman–Crippen LogP) is 4.86. The van der Waals surface area contributed by atoms with Gasteiger partial charge >= 0.3 is 0 Å². The quantitative estimate of drug-likeness (QED) is 0.543. The van der Waals surface area contributed by atoms with Gasteiger partial charge in [0.15, 0.2) is 5.76 Å². The number of hydrogen-bond acceptors (Lipinski definition) is 4. The van der Waals surface area contributed by atoms with Crippen molar-refractivity contribution < 1.29 is 13.4 Å². The van der Waals surface area contributed by atoms with E-state index in [0.29, 0.717) is 33.8 Å². The van der Waals surface area contributed by atoms with Crippen molar-refractivity contribution in [3.05, 3.63) is 82.2 Å². The van der Waals surface area contributed by atoms with Gasteiger partial charge in [0.05, 0.1) is 26.5 Å². The number of halogens is 2. The van der Waals surface area contributed by atoms with Crippen LogP contribution < -0.4 is 4.90 Å². The summed E-state index contributed by atoms with van der Waals surface area (Å²) >= 11 is 12.1. The number of benzene rings is 2. The van der Waals surface area contributed by atoms with Crippen LogP contribution in [0.25, 0.3) is 0 Å². The molecule has 1 aliphatic rings. The predicted molar refractivity (Wildman–Crippen MR) is 120 cm³/mol. The van der Waals surface area contributed by atoms with Crippen LogP contribution in [0.4, 0.5) is 5.69 Å². The smallest absolute Gasteiger partial charge is 0.289 e. The van der Waals surface area contributed by atoms with Crippen LogP contribution in [-0.4, -0.2) is 41.2 Å². The molecule has 1 aromatic heterocycles. The fraction of sp³-hybridized carbons (Fsp3) is 0.227. The van der Waals surface area contributed by atoms with E-state index in [9.17, 15) is 9.00 Å². The molecule has 0 saturated carbocycles. The number of carbonyl (C=O) groups is 1. The molecule has 1 amide bonds. The molecule has 5 nitrogen and oxygen atoms in total. The molecule has 0 radical (unpaired) electrons. The van der Waals surface area contributed by atoms with Crippen molar-refractivity contribution in [3.8, 4) is 0 Å². The summed E-state index contributed by atoms with van der Waals surface area (Å²) in [6.07, 6.45) is 0. The highest BCUT2D eigenvalue weighted by molar-refractivity contribution is 7.84. The van der Waals surface area contributed by atoms with E-state index in [4.69, 9.17) is 27.6 Å². The van der Waals surface area contributed by atoms with Gasteiger partial charge in [-0.2, -0.15) is 0 Å². The van der Waals surface area contributed by atoms with Gasteiger partial charge in [0.2, 0.25) is 0 Å². The van der Waals surface area contributed by atoms with Gasteiger partial charge in [-0.05, 0) is 48.5 Å². The second-order valence-electron chi connectivity index (χ2n) is 6.94. The molecular weight excluding hydrogens is 443 g/mol. The van der Waals surface area contributed by atoms with Crippen molar-refractivity contribution in [2.24, 2.45) is 0 Å². The first kappa shape index (κ1) is 21.0. The van der Waals surface area contributed by atoms with Crippen LogP contribution in [0.15, 0.2) is 70.0 Å². The van der Waals surface area contributed by atoms with Crippen molar-refractivity contribution in [1.82, 2.24) is 4.90 Å². The van der Waals surface area contributed by atoms with Crippen molar-refractivity contribution in [2.75, 3.05) is 31.1 Å². The van der Waals surface area contributed by atoms with E-state index in [1.165, 1.54) is 0 Å². The number of amides is 1. The zero-order chi connectivity index (χ0) is 21.1. The van der Waals surface area contributed by atoms with Gasteiger partial charge in [0.1, 0.15) is 5.76 Å². The largest absolute Gasteiger partial charge is 0.455 e. The van der Waals surface area contributed by atoms with Crippen molar-refractivity contribution in [2.45, 2.75) is 10.6 Å². The summed E-state index contributed by atoms with van der Waals surface area (Å²) in [5.41, 5.74) is 1.09. The number of nitrogens with zero attached hydrogens (tertiary/aromatic N) is 2. The average Bonchev–Trinajstić information content (AvgIpc) is 3.22. The highest BCUT2D eigenvalue weighted by Gasteiger charge is 2.25. The zero-order valence-corrected chi connectivity index (χ0v) is 18.4. The molecule has 2 heterocycles. The van der Waals surface area contributed by atoms with Crippen LogP contribution in [0.2, 0.25) is 10.0 Å². The minimum Gasteiger partial charge on any atom is -0.455 e. The normalized spacial score (nSPS) is 15.3. The number of carbonyl (C=O) groups excluding carboxylic acids is 1. The molecule has 30 heavy (non-hydrogen) atoms. The highest BCUT2D eigenvalue weighted by Crippen LogP contribution is 2.23.